The van der Waals surface area contributed by atoms with E-state index in [1.807, 2.05) is 19.1 Å². The van der Waals surface area contributed by atoms with Crippen molar-refractivity contribution in [3.05, 3.63) is 41.5 Å². The number of nitrogens with zero attached hydrogens (tertiary/aromatic N) is 3. The predicted molar refractivity (Wildman–Crippen MR) is 79.1 cm³/mol. The van der Waals surface area contributed by atoms with Gasteiger partial charge in [0.25, 0.3) is 0 Å². The number of hydrogen-bond acceptors (Lipinski definition) is 5. The first-order chi connectivity index (χ1) is 10.3. The average molecular weight is 287 g/mol. The number of aromatic nitrogens is 2. The molecule has 0 N–H and O–H groups in total. The van der Waals surface area contributed by atoms with Crippen molar-refractivity contribution in [1.82, 2.24) is 15.0 Å². The standard InChI is InChI=1S/C16H21N3O2/c1-3-15-17-16(21-18-15)11-19-9-5-8-14(19)12-6-4-7-13(10-12)20-2/h4,6-7,10,14H,3,5,8-9,11H2,1-2H3/t14-/m1/s1. The van der Waals surface area contributed by atoms with E-state index < -0.39 is 0 Å². The fourth-order valence-electron chi connectivity index (χ4n) is 2.91. The number of aryl methyl sites for hydroxylation is 1. The highest BCUT2D eigenvalue weighted by Gasteiger charge is 2.27. The van der Waals surface area contributed by atoms with Crippen molar-refractivity contribution in [2.75, 3.05) is 13.7 Å². The maximum atomic E-state index is 5.33. The smallest absolute Gasteiger partial charge is 0.240 e. The summed E-state index contributed by atoms with van der Waals surface area (Å²) in [6.07, 6.45) is 3.15. The van der Waals surface area contributed by atoms with Crippen LogP contribution in [0.25, 0.3) is 0 Å². The van der Waals surface area contributed by atoms with Crippen LogP contribution in [0.4, 0.5) is 0 Å². The highest BCUT2D eigenvalue weighted by Crippen LogP contribution is 2.34. The molecular weight excluding hydrogens is 266 g/mol. The number of hydrogen-bond donors (Lipinski definition) is 0. The lowest BCUT2D eigenvalue weighted by molar-refractivity contribution is 0.212. The minimum absolute atomic E-state index is 0.400. The second kappa shape index (κ2) is 6.26. The Morgan fingerprint density at radius 1 is 1.43 bits per heavy atom. The van der Waals surface area contributed by atoms with Crippen LogP contribution in [-0.2, 0) is 13.0 Å². The van der Waals surface area contributed by atoms with Gasteiger partial charge in [-0.25, -0.2) is 0 Å². The van der Waals surface area contributed by atoms with Gasteiger partial charge in [0.2, 0.25) is 5.89 Å². The lowest BCUT2D eigenvalue weighted by Crippen LogP contribution is -2.23. The van der Waals surface area contributed by atoms with Crippen LogP contribution in [0.2, 0.25) is 0 Å². The van der Waals surface area contributed by atoms with E-state index in [4.69, 9.17) is 9.26 Å². The largest absolute Gasteiger partial charge is 0.497 e. The maximum Gasteiger partial charge on any atom is 0.240 e. The molecule has 1 atom stereocenters. The van der Waals surface area contributed by atoms with Crippen LogP contribution in [0, 0.1) is 0 Å². The van der Waals surface area contributed by atoms with Gasteiger partial charge in [0.05, 0.1) is 13.7 Å². The fourth-order valence-corrected chi connectivity index (χ4v) is 2.91. The molecule has 0 aliphatic carbocycles. The monoisotopic (exact) mass is 287 g/mol. The summed E-state index contributed by atoms with van der Waals surface area (Å²) in [6.45, 7) is 3.81. The van der Waals surface area contributed by atoms with E-state index in [1.165, 1.54) is 12.0 Å². The summed E-state index contributed by atoms with van der Waals surface area (Å²) in [5.74, 6) is 2.40. The Morgan fingerprint density at radius 3 is 3.10 bits per heavy atom. The van der Waals surface area contributed by atoms with Crippen molar-refractivity contribution >= 4 is 0 Å². The third-order valence-corrected chi connectivity index (χ3v) is 4.01. The number of rotatable bonds is 5. The Labute approximate surface area is 124 Å². The first-order valence-electron chi connectivity index (χ1n) is 7.49. The third-order valence-electron chi connectivity index (χ3n) is 4.01. The van der Waals surface area contributed by atoms with Crippen LogP contribution in [0.5, 0.6) is 5.75 Å². The lowest BCUT2D eigenvalue weighted by atomic mass is 10.0. The molecule has 0 spiro atoms. The molecule has 5 heteroatoms. The number of benzene rings is 1. The van der Waals surface area contributed by atoms with Gasteiger partial charge in [-0.1, -0.05) is 24.2 Å². The molecule has 1 aliphatic heterocycles. The minimum atomic E-state index is 0.400. The average Bonchev–Trinajstić information content (AvgIpc) is 3.17. The first-order valence-corrected chi connectivity index (χ1v) is 7.49. The zero-order valence-corrected chi connectivity index (χ0v) is 12.6. The summed E-state index contributed by atoms with van der Waals surface area (Å²) < 4.78 is 10.6. The molecule has 0 bridgehead atoms. The van der Waals surface area contributed by atoms with Gasteiger partial charge in [0.1, 0.15) is 5.75 Å². The molecule has 1 aromatic carbocycles. The molecule has 3 rings (SSSR count). The number of methoxy groups -OCH3 is 1. The van der Waals surface area contributed by atoms with Crippen LogP contribution in [0.3, 0.4) is 0 Å². The van der Waals surface area contributed by atoms with Crippen molar-refractivity contribution in [1.29, 1.82) is 0 Å². The Kier molecular flexibility index (Phi) is 4.20. The van der Waals surface area contributed by atoms with Crippen molar-refractivity contribution in [3.63, 3.8) is 0 Å². The zero-order chi connectivity index (χ0) is 14.7. The summed E-state index contributed by atoms with van der Waals surface area (Å²) in [4.78, 5) is 6.81. The zero-order valence-electron chi connectivity index (χ0n) is 12.6. The number of likely N-dealkylation sites (tertiary alicyclic amines) is 1. The van der Waals surface area contributed by atoms with Crippen molar-refractivity contribution in [2.24, 2.45) is 0 Å². The van der Waals surface area contributed by atoms with E-state index in [0.717, 1.165) is 37.5 Å². The molecular formula is C16H21N3O2. The summed E-state index contributed by atoms with van der Waals surface area (Å²) in [5, 5.41) is 3.97. The Morgan fingerprint density at radius 2 is 2.33 bits per heavy atom. The predicted octanol–water partition coefficient (Wildman–Crippen LogP) is 2.98. The first kappa shape index (κ1) is 14.1. The summed E-state index contributed by atoms with van der Waals surface area (Å²) in [7, 11) is 1.70. The van der Waals surface area contributed by atoms with Crippen molar-refractivity contribution in [3.8, 4) is 5.75 Å². The van der Waals surface area contributed by atoms with Gasteiger partial charge in [-0.2, -0.15) is 4.98 Å². The molecule has 0 radical (unpaired) electrons. The van der Waals surface area contributed by atoms with Gasteiger partial charge in [-0.3, -0.25) is 4.90 Å². The quantitative estimate of drug-likeness (QED) is 0.846. The molecule has 5 nitrogen and oxygen atoms in total. The topological polar surface area (TPSA) is 51.4 Å². The van der Waals surface area contributed by atoms with E-state index >= 15 is 0 Å². The molecule has 1 aliphatic rings. The summed E-state index contributed by atoms with van der Waals surface area (Å²) in [5.41, 5.74) is 1.29. The molecule has 1 aromatic heterocycles. The lowest BCUT2D eigenvalue weighted by Gasteiger charge is -2.23. The Balaban J connectivity index is 1.75. The van der Waals surface area contributed by atoms with E-state index in [0.29, 0.717) is 11.9 Å². The molecule has 0 unspecified atom stereocenters. The Bertz CT molecular complexity index is 597. The molecule has 112 valence electrons. The van der Waals surface area contributed by atoms with Crippen LogP contribution in [0.15, 0.2) is 28.8 Å². The van der Waals surface area contributed by atoms with E-state index in [1.54, 1.807) is 7.11 Å². The van der Waals surface area contributed by atoms with E-state index in [-0.39, 0.29) is 0 Å². The van der Waals surface area contributed by atoms with Crippen LogP contribution < -0.4 is 4.74 Å². The highest BCUT2D eigenvalue weighted by molar-refractivity contribution is 5.31. The molecule has 21 heavy (non-hydrogen) atoms. The fraction of sp³-hybridized carbons (Fsp3) is 0.500. The summed E-state index contributed by atoms with van der Waals surface area (Å²) in [6, 6.07) is 8.71. The normalized spacial score (nSPS) is 19.0. The van der Waals surface area contributed by atoms with Gasteiger partial charge in [0.15, 0.2) is 5.82 Å². The SMILES string of the molecule is CCc1noc(CN2CCC[C@@H]2c2cccc(OC)c2)n1. The Hall–Kier alpha value is -1.88. The third kappa shape index (κ3) is 3.08. The molecule has 2 heterocycles. The maximum absolute atomic E-state index is 5.33. The van der Waals surface area contributed by atoms with Gasteiger partial charge >= 0.3 is 0 Å². The molecule has 0 amide bonds. The van der Waals surface area contributed by atoms with E-state index in [9.17, 15) is 0 Å². The molecule has 0 saturated carbocycles. The van der Waals surface area contributed by atoms with Crippen molar-refractivity contribution in [2.45, 2.75) is 38.8 Å². The van der Waals surface area contributed by atoms with Crippen LogP contribution in [-0.4, -0.2) is 28.7 Å². The molecule has 2 aromatic rings. The van der Waals surface area contributed by atoms with Crippen LogP contribution >= 0.6 is 0 Å². The van der Waals surface area contributed by atoms with E-state index in [2.05, 4.69) is 27.2 Å². The minimum Gasteiger partial charge on any atom is -0.497 e. The molecule has 1 saturated heterocycles. The van der Waals surface area contributed by atoms with Gasteiger partial charge < -0.3 is 9.26 Å². The van der Waals surface area contributed by atoms with Gasteiger partial charge in [0, 0.05) is 12.5 Å². The van der Waals surface area contributed by atoms with Crippen LogP contribution in [0.1, 0.15) is 43.1 Å². The molecule has 1 fully saturated rings. The van der Waals surface area contributed by atoms with Gasteiger partial charge in [-0.15, -0.1) is 0 Å². The second-order valence-corrected chi connectivity index (χ2v) is 5.36. The number of ether oxygens (including phenoxy) is 1. The summed E-state index contributed by atoms with van der Waals surface area (Å²) >= 11 is 0. The van der Waals surface area contributed by atoms with Gasteiger partial charge in [-0.05, 0) is 37.1 Å². The second-order valence-electron chi connectivity index (χ2n) is 5.36. The highest BCUT2D eigenvalue weighted by atomic mass is 16.5. The van der Waals surface area contributed by atoms with Crippen molar-refractivity contribution < 1.29 is 9.26 Å².